The van der Waals surface area contributed by atoms with Crippen LogP contribution in [0.5, 0.6) is 0 Å². The third-order valence-corrected chi connectivity index (χ3v) is 5.92. The van der Waals surface area contributed by atoms with E-state index in [-0.39, 0.29) is 24.3 Å². The van der Waals surface area contributed by atoms with Crippen LogP contribution in [0.4, 0.5) is 10.1 Å². The number of anilines is 1. The van der Waals surface area contributed by atoms with E-state index in [9.17, 15) is 14.0 Å². The molecule has 0 spiro atoms. The molecule has 1 aromatic heterocycles. The molecule has 178 valence electrons. The average molecular weight is 464 g/mol. The van der Waals surface area contributed by atoms with E-state index in [0.717, 1.165) is 30.4 Å². The van der Waals surface area contributed by atoms with Gasteiger partial charge in [-0.05, 0) is 61.7 Å². The Hall–Kier alpha value is -3.66. The SMILES string of the molecule is C#CCN(Cc1cc2c(=O)n(C)c(C)nc2cc1C)c1ccc(C(=O)OCCCCC)c(F)c1. The van der Waals surface area contributed by atoms with Crippen LogP contribution < -0.4 is 10.5 Å². The number of carbonyl (C=O) groups excluding carboxylic acids is 1. The Balaban J connectivity index is 1.88. The zero-order valence-corrected chi connectivity index (χ0v) is 20.2. The number of halogens is 1. The number of esters is 1. The fourth-order valence-electron chi connectivity index (χ4n) is 3.76. The van der Waals surface area contributed by atoms with Crippen LogP contribution in [0.1, 0.15) is 53.5 Å². The lowest BCUT2D eigenvalue weighted by Crippen LogP contribution is -2.25. The van der Waals surface area contributed by atoms with Gasteiger partial charge < -0.3 is 9.64 Å². The maximum atomic E-state index is 14.8. The van der Waals surface area contributed by atoms with Crippen LogP contribution in [0.25, 0.3) is 10.9 Å². The number of ether oxygens (including phenoxy) is 1. The molecular formula is C27H30FN3O3. The van der Waals surface area contributed by atoms with Crippen LogP contribution in [0.2, 0.25) is 0 Å². The number of hydrogen-bond donors (Lipinski definition) is 0. The summed E-state index contributed by atoms with van der Waals surface area (Å²) in [6.07, 6.45) is 8.29. The van der Waals surface area contributed by atoms with Gasteiger partial charge in [0.15, 0.2) is 0 Å². The highest BCUT2D eigenvalue weighted by Gasteiger charge is 2.17. The minimum absolute atomic E-state index is 0.104. The summed E-state index contributed by atoms with van der Waals surface area (Å²) >= 11 is 0. The number of aryl methyl sites for hydroxylation is 2. The topological polar surface area (TPSA) is 64.4 Å². The minimum Gasteiger partial charge on any atom is -0.462 e. The van der Waals surface area contributed by atoms with E-state index in [2.05, 4.69) is 17.8 Å². The van der Waals surface area contributed by atoms with E-state index in [0.29, 0.717) is 29.0 Å². The van der Waals surface area contributed by atoms with Crippen molar-refractivity contribution in [2.75, 3.05) is 18.1 Å². The van der Waals surface area contributed by atoms with Crippen molar-refractivity contribution in [2.24, 2.45) is 7.05 Å². The molecule has 3 aromatic rings. The van der Waals surface area contributed by atoms with E-state index < -0.39 is 11.8 Å². The first-order chi connectivity index (χ1) is 16.3. The molecule has 0 bridgehead atoms. The van der Waals surface area contributed by atoms with Gasteiger partial charge in [0.2, 0.25) is 0 Å². The monoisotopic (exact) mass is 463 g/mol. The molecule has 34 heavy (non-hydrogen) atoms. The van der Waals surface area contributed by atoms with Crippen LogP contribution in [0.15, 0.2) is 35.1 Å². The Morgan fingerprint density at radius 2 is 2.00 bits per heavy atom. The van der Waals surface area contributed by atoms with Gasteiger partial charge >= 0.3 is 5.97 Å². The quantitative estimate of drug-likeness (QED) is 0.262. The van der Waals surface area contributed by atoms with E-state index in [1.807, 2.05) is 24.0 Å². The summed E-state index contributed by atoms with van der Waals surface area (Å²) in [6, 6.07) is 8.07. The zero-order chi connectivity index (χ0) is 24.8. The van der Waals surface area contributed by atoms with Crippen molar-refractivity contribution in [2.45, 2.75) is 46.6 Å². The van der Waals surface area contributed by atoms with Crippen molar-refractivity contribution < 1.29 is 13.9 Å². The number of benzene rings is 2. The van der Waals surface area contributed by atoms with Gasteiger partial charge in [-0.25, -0.2) is 14.2 Å². The van der Waals surface area contributed by atoms with Crippen molar-refractivity contribution in [3.63, 3.8) is 0 Å². The summed E-state index contributed by atoms with van der Waals surface area (Å²) in [5, 5.41) is 0.515. The van der Waals surface area contributed by atoms with Crippen molar-refractivity contribution in [3.05, 3.63) is 69.0 Å². The Labute approximate surface area is 199 Å². The van der Waals surface area contributed by atoms with Gasteiger partial charge in [0, 0.05) is 19.3 Å². The molecule has 0 unspecified atom stereocenters. The molecule has 0 radical (unpaired) electrons. The second-order valence-corrected chi connectivity index (χ2v) is 8.39. The Morgan fingerprint density at radius 1 is 1.24 bits per heavy atom. The Kier molecular flexibility index (Phi) is 8.06. The molecule has 3 rings (SSSR count). The molecule has 0 aliphatic heterocycles. The zero-order valence-electron chi connectivity index (χ0n) is 20.2. The number of unbranched alkanes of at least 4 members (excludes halogenated alkanes) is 2. The lowest BCUT2D eigenvalue weighted by Gasteiger charge is -2.24. The van der Waals surface area contributed by atoms with Gasteiger partial charge in [0.25, 0.3) is 5.56 Å². The summed E-state index contributed by atoms with van der Waals surface area (Å²) in [4.78, 5) is 31.3. The number of nitrogens with zero attached hydrogens (tertiary/aromatic N) is 3. The molecule has 0 fully saturated rings. The predicted octanol–water partition coefficient (Wildman–Crippen LogP) is 4.68. The van der Waals surface area contributed by atoms with Gasteiger partial charge in [-0.3, -0.25) is 9.36 Å². The van der Waals surface area contributed by atoms with Crippen molar-refractivity contribution in [1.29, 1.82) is 0 Å². The third-order valence-electron chi connectivity index (χ3n) is 5.92. The van der Waals surface area contributed by atoms with Crippen LogP contribution in [0, 0.1) is 32.0 Å². The second kappa shape index (κ2) is 11.0. The second-order valence-electron chi connectivity index (χ2n) is 8.39. The van der Waals surface area contributed by atoms with Gasteiger partial charge in [-0.15, -0.1) is 6.42 Å². The van der Waals surface area contributed by atoms with Gasteiger partial charge in [-0.1, -0.05) is 25.7 Å². The summed E-state index contributed by atoms with van der Waals surface area (Å²) < 4.78 is 21.5. The molecule has 7 heteroatoms. The first-order valence-corrected chi connectivity index (χ1v) is 11.4. The highest BCUT2D eigenvalue weighted by atomic mass is 19.1. The fourth-order valence-corrected chi connectivity index (χ4v) is 3.76. The number of terminal acetylenes is 1. The highest BCUT2D eigenvalue weighted by Crippen LogP contribution is 2.24. The van der Waals surface area contributed by atoms with E-state index >= 15 is 0 Å². The van der Waals surface area contributed by atoms with Crippen LogP contribution >= 0.6 is 0 Å². The standard InChI is InChI=1S/C27H30FN3O3/c1-6-8-9-13-34-27(33)22-11-10-21(16-24(22)28)31(12-7-2)17-20-15-23-25(14-18(20)3)29-19(4)30(5)26(23)32/h2,10-11,14-16H,6,8-9,12-13,17H2,1,3-5H3. The lowest BCUT2D eigenvalue weighted by atomic mass is 10.0. The summed E-state index contributed by atoms with van der Waals surface area (Å²) in [5.74, 6) is 1.90. The molecule has 0 amide bonds. The van der Waals surface area contributed by atoms with E-state index in [1.54, 1.807) is 20.0 Å². The third kappa shape index (κ3) is 5.45. The van der Waals surface area contributed by atoms with E-state index in [1.165, 1.54) is 16.7 Å². The fraction of sp³-hybridized carbons (Fsp3) is 0.370. The van der Waals surface area contributed by atoms with Gasteiger partial charge in [0.05, 0.1) is 29.6 Å². The summed E-state index contributed by atoms with van der Waals surface area (Å²) in [5.41, 5.74) is 2.77. The Morgan fingerprint density at radius 3 is 2.68 bits per heavy atom. The minimum atomic E-state index is -0.673. The maximum Gasteiger partial charge on any atom is 0.341 e. The first-order valence-electron chi connectivity index (χ1n) is 11.4. The average Bonchev–Trinajstić information content (AvgIpc) is 2.81. The number of rotatable bonds is 9. The summed E-state index contributed by atoms with van der Waals surface area (Å²) in [7, 11) is 1.69. The van der Waals surface area contributed by atoms with Crippen LogP contribution in [-0.2, 0) is 18.3 Å². The smallest absolute Gasteiger partial charge is 0.341 e. The van der Waals surface area contributed by atoms with Crippen molar-refractivity contribution in [1.82, 2.24) is 9.55 Å². The molecule has 0 aliphatic carbocycles. The maximum absolute atomic E-state index is 14.8. The molecular weight excluding hydrogens is 433 g/mol. The molecule has 0 N–H and O–H groups in total. The normalized spacial score (nSPS) is 10.8. The highest BCUT2D eigenvalue weighted by molar-refractivity contribution is 5.90. The van der Waals surface area contributed by atoms with E-state index in [4.69, 9.17) is 11.2 Å². The van der Waals surface area contributed by atoms with Gasteiger partial charge in [-0.2, -0.15) is 0 Å². The number of hydrogen-bond acceptors (Lipinski definition) is 5. The number of carbonyl (C=O) groups is 1. The van der Waals surface area contributed by atoms with Crippen LogP contribution in [0.3, 0.4) is 0 Å². The number of fused-ring (bicyclic) bond motifs is 1. The molecule has 2 aromatic carbocycles. The first kappa shape index (κ1) is 25.0. The molecule has 1 heterocycles. The predicted molar refractivity (Wildman–Crippen MR) is 133 cm³/mol. The molecule has 0 atom stereocenters. The van der Waals surface area contributed by atoms with Gasteiger partial charge in [0.1, 0.15) is 11.6 Å². The van der Waals surface area contributed by atoms with Crippen molar-refractivity contribution >= 4 is 22.6 Å². The Bertz CT molecular complexity index is 1310. The largest absolute Gasteiger partial charge is 0.462 e. The lowest BCUT2D eigenvalue weighted by molar-refractivity contribution is 0.0493. The molecule has 0 aliphatic rings. The summed E-state index contributed by atoms with van der Waals surface area (Å²) in [6.45, 7) is 6.64. The van der Waals surface area contributed by atoms with Crippen molar-refractivity contribution in [3.8, 4) is 12.3 Å². The molecule has 6 nitrogen and oxygen atoms in total. The van der Waals surface area contributed by atoms with Crippen LogP contribution in [-0.4, -0.2) is 28.7 Å². The molecule has 0 saturated carbocycles. The number of aromatic nitrogens is 2. The molecule has 0 saturated heterocycles.